The second-order valence-electron chi connectivity index (χ2n) is 5.24. The van der Waals surface area contributed by atoms with Crippen molar-refractivity contribution in [3.05, 3.63) is 52.0 Å². The molecule has 2 rings (SSSR count). The van der Waals surface area contributed by atoms with Crippen LogP contribution in [0.4, 0.5) is 4.39 Å². The number of hydrogen-bond acceptors (Lipinski definition) is 5. The Morgan fingerprint density at radius 2 is 1.96 bits per heavy atom. The van der Waals surface area contributed by atoms with E-state index in [-0.39, 0.29) is 5.82 Å². The van der Waals surface area contributed by atoms with Gasteiger partial charge >= 0.3 is 11.9 Å². The zero-order valence-electron chi connectivity index (χ0n) is 14.1. The predicted octanol–water partition coefficient (Wildman–Crippen LogP) is 4.70. The fourth-order valence-corrected chi connectivity index (χ4v) is 3.12. The SMILES string of the molecule is CCCCOC(=O)/C=C/c1scc(-c2ccc(F)cc2)c1C(=O)OC. The summed E-state index contributed by atoms with van der Waals surface area (Å²) in [6, 6.07) is 5.84. The Labute approximate surface area is 149 Å². The summed E-state index contributed by atoms with van der Waals surface area (Å²) in [6.45, 7) is 2.38. The van der Waals surface area contributed by atoms with Crippen molar-refractivity contribution in [3.8, 4) is 11.1 Å². The number of methoxy groups -OCH3 is 1. The van der Waals surface area contributed by atoms with E-state index in [1.54, 1.807) is 17.5 Å². The molecule has 0 N–H and O–H groups in total. The van der Waals surface area contributed by atoms with Crippen LogP contribution < -0.4 is 0 Å². The standard InChI is InChI=1S/C19H19FO4S/c1-3-4-11-24-17(21)10-9-16-18(19(22)23-2)15(12-25-16)13-5-7-14(20)8-6-13/h5-10,12H,3-4,11H2,1-2H3/b10-9+. The molecule has 1 aromatic heterocycles. The monoisotopic (exact) mass is 362 g/mol. The molecule has 0 saturated carbocycles. The summed E-state index contributed by atoms with van der Waals surface area (Å²) in [7, 11) is 1.29. The van der Waals surface area contributed by atoms with Crippen LogP contribution >= 0.6 is 11.3 Å². The molecule has 0 bridgehead atoms. The number of esters is 2. The molecule has 1 aromatic carbocycles. The van der Waals surface area contributed by atoms with Crippen LogP contribution in [-0.2, 0) is 14.3 Å². The van der Waals surface area contributed by atoms with Crippen LogP contribution in [0.5, 0.6) is 0 Å². The highest BCUT2D eigenvalue weighted by Crippen LogP contribution is 2.33. The summed E-state index contributed by atoms with van der Waals surface area (Å²) in [5, 5.41) is 1.78. The Kier molecular flexibility index (Phi) is 6.89. The van der Waals surface area contributed by atoms with Crippen molar-refractivity contribution in [2.75, 3.05) is 13.7 Å². The van der Waals surface area contributed by atoms with E-state index in [9.17, 15) is 14.0 Å². The number of rotatable bonds is 7. The quantitative estimate of drug-likeness (QED) is 0.407. The molecule has 0 aliphatic carbocycles. The van der Waals surface area contributed by atoms with Gasteiger partial charge in [0.05, 0.1) is 19.3 Å². The number of hydrogen-bond donors (Lipinski definition) is 0. The number of carbonyl (C=O) groups excluding carboxylic acids is 2. The largest absolute Gasteiger partial charge is 0.465 e. The van der Waals surface area contributed by atoms with Crippen molar-refractivity contribution in [3.63, 3.8) is 0 Å². The Morgan fingerprint density at radius 1 is 1.24 bits per heavy atom. The molecular weight excluding hydrogens is 343 g/mol. The molecule has 0 unspecified atom stereocenters. The van der Waals surface area contributed by atoms with Gasteiger partial charge in [0.1, 0.15) is 5.82 Å². The average molecular weight is 362 g/mol. The lowest BCUT2D eigenvalue weighted by molar-refractivity contribution is -0.137. The predicted molar refractivity (Wildman–Crippen MR) is 96.0 cm³/mol. The summed E-state index contributed by atoms with van der Waals surface area (Å²) >= 11 is 1.30. The van der Waals surface area contributed by atoms with E-state index >= 15 is 0 Å². The van der Waals surface area contributed by atoms with E-state index in [4.69, 9.17) is 9.47 Å². The highest BCUT2D eigenvalue weighted by atomic mass is 32.1. The number of thiophene rings is 1. The van der Waals surface area contributed by atoms with Crippen molar-refractivity contribution in [1.82, 2.24) is 0 Å². The van der Waals surface area contributed by atoms with E-state index in [1.807, 2.05) is 6.92 Å². The molecule has 25 heavy (non-hydrogen) atoms. The van der Waals surface area contributed by atoms with E-state index < -0.39 is 11.9 Å². The van der Waals surface area contributed by atoms with E-state index in [1.165, 1.54) is 42.7 Å². The summed E-state index contributed by atoms with van der Waals surface area (Å²) in [5.41, 5.74) is 1.68. The fourth-order valence-electron chi connectivity index (χ4n) is 2.16. The molecule has 0 aliphatic heterocycles. The number of ether oxygens (including phenoxy) is 2. The number of carbonyl (C=O) groups is 2. The maximum Gasteiger partial charge on any atom is 0.339 e. The second kappa shape index (κ2) is 9.13. The summed E-state index contributed by atoms with van der Waals surface area (Å²) in [4.78, 5) is 24.4. The molecule has 2 aromatic rings. The van der Waals surface area contributed by atoms with Gasteiger partial charge in [-0.3, -0.25) is 0 Å². The first kappa shape index (κ1) is 18.9. The first-order chi connectivity index (χ1) is 12.1. The van der Waals surface area contributed by atoms with Crippen LogP contribution in [0.25, 0.3) is 17.2 Å². The molecule has 1 heterocycles. The molecule has 0 aliphatic rings. The van der Waals surface area contributed by atoms with Gasteiger partial charge in [-0.1, -0.05) is 25.5 Å². The topological polar surface area (TPSA) is 52.6 Å². The summed E-state index contributed by atoms with van der Waals surface area (Å²) in [5.74, 6) is -1.32. The van der Waals surface area contributed by atoms with E-state index in [0.29, 0.717) is 28.2 Å². The van der Waals surface area contributed by atoms with Gasteiger partial charge in [0.15, 0.2) is 0 Å². The van der Waals surface area contributed by atoms with Gasteiger partial charge in [-0.2, -0.15) is 0 Å². The third kappa shape index (κ3) is 5.00. The molecule has 0 spiro atoms. The lowest BCUT2D eigenvalue weighted by Crippen LogP contribution is -2.04. The Balaban J connectivity index is 2.28. The molecule has 4 nitrogen and oxygen atoms in total. The second-order valence-corrected chi connectivity index (χ2v) is 6.15. The summed E-state index contributed by atoms with van der Waals surface area (Å²) < 4.78 is 23.0. The lowest BCUT2D eigenvalue weighted by atomic mass is 10.0. The van der Waals surface area contributed by atoms with Crippen LogP contribution in [0.1, 0.15) is 35.0 Å². The zero-order chi connectivity index (χ0) is 18.2. The fraction of sp³-hybridized carbons (Fsp3) is 0.263. The van der Waals surface area contributed by atoms with E-state index in [2.05, 4.69) is 0 Å². The van der Waals surface area contributed by atoms with Crippen molar-refractivity contribution >= 4 is 29.4 Å². The van der Waals surface area contributed by atoms with Gasteiger partial charge in [0, 0.05) is 21.9 Å². The first-order valence-corrected chi connectivity index (χ1v) is 8.75. The minimum Gasteiger partial charge on any atom is -0.465 e. The van der Waals surface area contributed by atoms with Crippen LogP contribution in [-0.4, -0.2) is 25.7 Å². The summed E-state index contributed by atoms with van der Waals surface area (Å²) in [6.07, 6.45) is 4.58. The third-order valence-corrected chi connectivity index (χ3v) is 4.42. The minimum atomic E-state index is -0.514. The Morgan fingerprint density at radius 3 is 2.60 bits per heavy atom. The average Bonchev–Trinajstić information content (AvgIpc) is 3.04. The Hall–Kier alpha value is -2.47. The molecule has 132 valence electrons. The van der Waals surface area contributed by atoms with Crippen molar-refractivity contribution in [2.24, 2.45) is 0 Å². The van der Waals surface area contributed by atoms with Gasteiger partial charge in [0.2, 0.25) is 0 Å². The Bertz CT molecular complexity index is 762. The van der Waals surface area contributed by atoms with Crippen LogP contribution in [0, 0.1) is 5.82 Å². The smallest absolute Gasteiger partial charge is 0.339 e. The molecule has 0 amide bonds. The number of halogens is 1. The maximum absolute atomic E-state index is 13.1. The molecule has 0 atom stereocenters. The van der Waals surface area contributed by atoms with Crippen molar-refractivity contribution < 1.29 is 23.5 Å². The number of unbranched alkanes of at least 4 members (excludes halogenated alkanes) is 1. The van der Waals surface area contributed by atoms with Gasteiger partial charge in [0.25, 0.3) is 0 Å². The van der Waals surface area contributed by atoms with Crippen LogP contribution in [0.3, 0.4) is 0 Å². The third-order valence-electron chi connectivity index (χ3n) is 3.48. The first-order valence-electron chi connectivity index (χ1n) is 7.87. The van der Waals surface area contributed by atoms with Crippen molar-refractivity contribution in [2.45, 2.75) is 19.8 Å². The maximum atomic E-state index is 13.1. The molecule has 0 fully saturated rings. The van der Waals surface area contributed by atoms with Gasteiger partial charge < -0.3 is 9.47 Å². The highest BCUT2D eigenvalue weighted by molar-refractivity contribution is 7.11. The molecule has 6 heteroatoms. The minimum absolute atomic E-state index is 0.344. The van der Waals surface area contributed by atoms with Gasteiger partial charge in [-0.25, -0.2) is 14.0 Å². The number of benzene rings is 1. The highest BCUT2D eigenvalue weighted by Gasteiger charge is 2.19. The molecule has 0 saturated heterocycles. The van der Waals surface area contributed by atoms with Gasteiger partial charge in [-0.05, 0) is 30.2 Å². The molecular formula is C19H19FO4S. The van der Waals surface area contributed by atoms with Crippen LogP contribution in [0.2, 0.25) is 0 Å². The van der Waals surface area contributed by atoms with Gasteiger partial charge in [-0.15, -0.1) is 11.3 Å². The van der Waals surface area contributed by atoms with Crippen molar-refractivity contribution in [1.29, 1.82) is 0 Å². The molecule has 0 radical (unpaired) electrons. The van der Waals surface area contributed by atoms with E-state index in [0.717, 1.165) is 12.8 Å². The van der Waals surface area contributed by atoms with Crippen LogP contribution in [0.15, 0.2) is 35.7 Å². The zero-order valence-corrected chi connectivity index (χ0v) is 14.9. The lowest BCUT2D eigenvalue weighted by Gasteiger charge is -2.04. The normalized spacial score (nSPS) is 10.8.